The van der Waals surface area contributed by atoms with Gasteiger partial charge in [0, 0.05) is 5.56 Å². The quantitative estimate of drug-likeness (QED) is 0.448. The maximum Gasteiger partial charge on any atom is 0.356 e. The summed E-state index contributed by atoms with van der Waals surface area (Å²) in [5, 5.41) is 0. The van der Waals surface area contributed by atoms with Crippen molar-refractivity contribution in [2.75, 3.05) is 7.11 Å². The van der Waals surface area contributed by atoms with Crippen molar-refractivity contribution in [3.8, 4) is 0 Å². The number of carbonyl (C=O) groups excluding carboxylic acids is 2. The van der Waals surface area contributed by atoms with Crippen LogP contribution in [-0.2, 0) is 4.74 Å². The van der Waals surface area contributed by atoms with Gasteiger partial charge in [-0.15, -0.1) is 0 Å². The van der Waals surface area contributed by atoms with Crippen LogP contribution in [0.1, 0.15) is 20.8 Å². The van der Waals surface area contributed by atoms with E-state index in [1.54, 1.807) is 0 Å². The highest BCUT2D eigenvalue weighted by atomic mass is 79.9. The highest BCUT2D eigenvalue weighted by Gasteiger charge is 2.09. The molecule has 0 N–H and O–H groups in total. The first-order valence-corrected chi connectivity index (χ1v) is 4.18. The highest BCUT2D eigenvalue weighted by Crippen LogP contribution is 2.12. The van der Waals surface area contributed by atoms with Gasteiger partial charge in [0.15, 0.2) is 6.29 Å². The number of aromatic nitrogens is 1. The van der Waals surface area contributed by atoms with E-state index in [9.17, 15) is 9.59 Å². The van der Waals surface area contributed by atoms with Crippen LogP contribution in [0.2, 0.25) is 0 Å². The standard InChI is InChI=1S/C8H6BrNO3/c1-13-8(12)6-3-2-5(4-11)7(9)10-6/h2-4H,1H3. The summed E-state index contributed by atoms with van der Waals surface area (Å²) >= 11 is 3.05. The number of rotatable bonds is 2. The first-order chi connectivity index (χ1) is 6.19. The van der Waals surface area contributed by atoms with Gasteiger partial charge in [0.2, 0.25) is 0 Å². The third-order valence-electron chi connectivity index (χ3n) is 1.40. The lowest BCUT2D eigenvalue weighted by Crippen LogP contribution is -2.05. The van der Waals surface area contributed by atoms with Crippen molar-refractivity contribution in [3.05, 3.63) is 28.0 Å². The Bertz CT molecular complexity index is 351. The molecule has 0 saturated carbocycles. The van der Waals surface area contributed by atoms with E-state index in [4.69, 9.17) is 0 Å². The van der Waals surface area contributed by atoms with Gasteiger partial charge >= 0.3 is 5.97 Å². The number of carbonyl (C=O) groups is 2. The van der Waals surface area contributed by atoms with Crippen molar-refractivity contribution in [3.63, 3.8) is 0 Å². The van der Waals surface area contributed by atoms with Crippen molar-refractivity contribution < 1.29 is 14.3 Å². The van der Waals surface area contributed by atoms with Crippen molar-refractivity contribution >= 4 is 28.2 Å². The molecule has 13 heavy (non-hydrogen) atoms. The number of nitrogens with zero attached hydrogens (tertiary/aromatic N) is 1. The molecule has 1 aromatic heterocycles. The van der Waals surface area contributed by atoms with Gasteiger partial charge in [0.1, 0.15) is 10.3 Å². The number of aldehydes is 1. The summed E-state index contributed by atoms with van der Waals surface area (Å²) in [5.74, 6) is -0.529. The fraction of sp³-hybridized carbons (Fsp3) is 0.125. The number of halogens is 1. The first-order valence-electron chi connectivity index (χ1n) is 3.39. The lowest BCUT2D eigenvalue weighted by molar-refractivity contribution is 0.0593. The summed E-state index contributed by atoms with van der Waals surface area (Å²) in [5.41, 5.74) is 0.563. The maximum absolute atomic E-state index is 11.0. The minimum atomic E-state index is -0.529. The lowest BCUT2D eigenvalue weighted by atomic mass is 10.3. The fourth-order valence-electron chi connectivity index (χ4n) is 0.751. The SMILES string of the molecule is COC(=O)c1ccc(C=O)c(Br)n1. The molecule has 1 aromatic rings. The predicted molar refractivity (Wildman–Crippen MR) is 48.7 cm³/mol. The Kier molecular flexibility index (Phi) is 3.13. The molecule has 0 bridgehead atoms. The molecule has 0 amide bonds. The van der Waals surface area contributed by atoms with E-state index in [2.05, 4.69) is 25.7 Å². The number of hydrogen-bond donors (Lipinski definition) is 0. The molecule has 0 spiro atoms. The third kappa shape index (κ3) is 2.12. The molecule has 5 heteroatoms. The summed E-state index contributed by atoms with van der Waals surface area (Å²) in [6.07, 6.45) is 0.651. The van der Waals surface area contributed by atoms with Crippen LogP contribution in [0.4, 0.5) is 0 Å². The second-order valence-corrected chi connectivity index (χ2v) is 2.94. The first kappa shape index (κ1) is 9.85. The second-order valence-electron chi connectivity index (χ2n) is 2.19. The molecule has 0 aliphatic carbocycles. The molecular weight excluding hydrogens is 238 g/mol. The van der Waals surface area contributed by atoms with Crippen LogP contribution in [-0.4, -0.2) is 24.3 Å². The van der Waals surface area contributed by atoms with Crippen LogP contribution < -0.4 is 0 Å². The molecule has 0 saturated heterocycles. The molecule has 0 fully saturated rings. The molecule has 1 heterocycles. The van der Waals surface area contributed by atoms with Crippen LogP contribution in [0.3, 0.4) is 0 Å². The smallest absolute Gasteiger partial charge is 0.356 e. The summed E-state index contributed by atoms with van der Waals surface area (Å²) in [7, 11) is 1.27. The zero-order chi connectivity index (χ0) is 9.84. The average Bonchev–Trinajstić information content (AvgIpc) is 2.16. The third-order valence-corrected chi connectivity index (χ3v) is 2.03. The summed E-state index contributed by atoms with van der Waals surface area (Å²) < 4.78 is 4.79. The lowest BCUT2D eigenvalue weighted by Gasteiger charge is -1.99. The van der Waals surface area contributed by atoms with Crippen molar-refractivity contribution in [1.82, 2.24) is 4.98 Å². The Hall–Kier alpha value is -1.23. The number of esters is 1. The Morgan fingerprint density at radius 3 is 2.77 bits per heavy atom. The van der Waals surface area contributed by atoms with Crippen molar-refractivity contribution in [1.29, 1.82) is 0 Å². The van der Waals surface area contributed by atoms with E-state index in [0.717, 1.165) is 0 Å². The average molecular weight is 244 g/mol. The maximum atomic E-state index is 11.0. The van der Waals surface area contributed by atoms with Crippen LogP contribution >= 0.6 is 15.9 Å². The Balaban J connectivity index is 3.09. The largest absolute Gasteiger partial charge is 0.464 e. The number of hydrogen-bond acceptors (Lipinski definition) is 4. The Morgan fingerprint density at radius 1 is 1.62 bits per heavy atom. The van der Waals surface area contributed by atoms with Crippen LogP contribution in [0.15, 0.2) is 16.7 Å². The Morgan fingerprint density at radius 2 is 2.31 bits per heavy atom. The number of pyridine rings is 1. The molecule has 4 nitrogen and oxygen atoms in total. The zero-order valence-corrected chi connectivity index (χ0v) is 8.37. The van der Waals surface area contributed by atoms with Gasteiger partial charge in [-0.05, 0) is 28.1 Å². The minimum Gasteiger partial charge on any atom is -0.464 e. The minimum absolute atomic E-state index is 0.167. The molecule has 0 aliphatic heterocycles. The van der Waals surface area contributed by atoms with Crippen LogP contribution in [0.5, 0.6) is 0 Å². The van der Waals surface area contributed by atoms with E-state index in [1.807, 2.05) is 0 Å². The zero-order valence-electron chi connectivity index (χ0n) is 6.78. The monoisotopic (exact) mass is 243 g/mol. The van der Waals surface area contributed by atoms with Gasteiger partial charge in [-0.3, -0.25) is 4.79 Å². The van der Waals surface area contributed by atoms with Crippen molar-refractivity contribution in [2.45, 2.75) is 0 Å². The van der Waals surface area contributed by atoms with E-state index in [0.29, 0.717) is 16.5 Å². The summed E-state index contributed by atoms with van der Waals surface area (Å²) in [6.45, 7) is 0. The molecular formula is C8H6BrNO3. The van der Waals surface area contributed by atoms with E-state index < -0.39 is 5.97 Å². The summed E-state index contributed by atoms with van der Waals surface area (Å²) in [6, 6.07) is 2.93. The molecule has 0 aliphatic rings. The molecule has 1 rings (SSSR count). The van der Waals surface area contributed by atoms with Gasteiger partial charge in [-0.1, -0.05) is 0 Å². The van der Waals surface area contributed by atoms with Crippen LogP contribution in [0.25, 0.3) is 0 Å². The highest BCUT2D eigenvalue weighted by molar-refractivity contribution is 9.10. The number of methoxy groups -OCH3 is 1. The molecule has 0 aromatic carbocycles. The van der Waals surface area contributed by atoms with E-state index in [-0.39, 0.29) is 5.69 Å². The molecule has 0 atom stereocenters. The second kappa shape index (κ2) is 4.13. The fourth-order valence-corrected chi connectivity index (χ4v) is 1.17. The molecule has 0 radical (unpaired) electrons. The normalized spacial score (nSPS) is 9.38. The van der Waals surface area contributed by atoms with Crippen LogP contribution in [0, 0.1) is 0 Å². The number of ether oxygens (including phenoxy) is 1. The van der Waals surface area contributed by atoms with Gasteiger partial charge in [-0.25, -0.2) is 9.78 Å². The van der Waals surface area contributed by atoms with Gasteiger partial charge < -0.3 is 4.74 Å². The van der Waals surface area contributed by atoms with E-state index in [1.165, 1.54) is 19.2 Å². The van der Waals surface area contributed by atoms with Gasteiger partial charge in [0.25, 0.3) is 0 Å². The topological polar surface area (TPSA) is 56.3 Å². The molecule has 0 unspecified atom stereocenters. The van der Waals surface area contributed by atoms with Gasteiger partial charge in [-0.2, -0.15) is 0 Å². The van der Waals surface area contributed by atoms with Gasteiger partial charge in [0.05, 0.1) is 7.11 Å². The van der Waals surface area contributed by atoms with Crippen molar-refractivity contribution in [2.24, 2.45) is 0 Å². The Labute approximate surface area is 83.1 Å². The predicted octanol–water partition coefficient (Wildman–Crippen LogP) is 1.44. The van der Waals surface area contributed by atoms with E-state index >= 15 is 0 Å². The summed E-state index contributed by atoms with van der Waals surface area (Å²) in [4.78, 5) is 25.2. The molecule has 68 valence electrons.